The van der Waals surface area contributed by atoms with Crippen molar-refractivity contribution in [3.05, 3.63) is 56.6 Å². The zero-order valence-corrected chi connectivity index (χ0v) is 14.3. The molecule has 0 bridgehead atoms. The van der Waals surface area contributed by atoms with Crippen LogP contribution in [0.15, 0.2) is 24.3 Å². The lowest BCUT2D eigenvalue weighted by Gasteiger charge is -2.14. The summed E-state index contributed by atoms with van der Waals surface area (Å²) in [6.07, 6.45) is 0. The number of ketones is 1. The van der Waals surface area contributed by atoms with E-state index in [1.807, 2.05) is 13.8 Å². The predicted octanol–water partition coefficient (Wildman–Crippen LogP) is 4.86. The first-order valence-corrected chi connectivity index (χ1v) is 7.38. The minimum Gasteiger partial charge on any atom is -0.494 e. The molecule has 0 saturated carbocycles. The normalized spacial score (nSPS) is 10.5. The molecule has 0 aliphatic rings. The number of methoxy groups -OCH3 is 2. The van der Waals surface area contributed by atoms with Gasteiger partial charge in [-0.25, -0.2) is 0 Å². The van der Waals surface area contributed by atoms with E-state index in [0.717, 1.165) is 11.1 Å². The van der Waals surface area contributed by atoms with Gasteiger partial charge in [-0.3, -0.25) is 4.79 Å². The smallest absolute Gasteiger partial charge is 0.200 e. The van der Waals surface area contributed by atoms with Crippen LogP contribution in [0.1, 0.15) is 27.0 Å². The lowest BCUT2D eigenvalue weighted by molar-refractivity contribution is 0.103. The van der Waals surface area contributed by atoms with Crippen LogP contribution in [0.5, 0.6) is 11.5 Å². The van der Waals surface area contributed by atoms with Gasteiger partial charge < -0.3 is 9.47 Å². The summed E-state index contributed by atoms with van der Waals surface area (Å²) in [4.78, 5) is 12.9. The Kier molecular flexibility index (Phi) is 4.99. The third-order valence-corrected chi connectivity index (χ3v) is 4.42. The molecule has 0 saturated heterocycles. The topological polar surface area (TPSA) is 35.5 Å². The summed E-state index contributed by atoms with van der Waals surface area (Å²) < 4.78 is 10.6. The highest BCUT2D eigenvalue weighted by atomic mass is 35.5. The van der Waals surface area contributed by atoms with Crippen molar-refractivity contribution in [1.29, 1.82) is 0 Å². The van der Waals surface area contributed by atoms with Crippen LogP contribution in [-0.2, 0) is 0 Å². The first-order chi connectivity index (χ1) is 10.4. The number of ether oxygens (including phenoxy) is 2. The van der Waals surface area contributed by atoms with Crippen molar-refractivity contribution in [3.63, 3.8) is 0 Å². The van der Waals surface area contributed by atoms with E-state index in [-0.39, 0.29) is 5.78 Å². The third-order valence-electron chi connectivity index (χ3n) is 3.48. The zero-order chi connectivity index (χ0) is 16.4. The Bertz CT molecular complexity index is 678. The molecule has 0 aliphatic heterocycles. The molecule has 0 N–H and O–H groups in total. The van der Waals surface area contributed by atoms with Crippen LogP contribution in [-0.4, -0.2) is 20.0 Å². The molecule has 0 fully saturated rings. The average Bonchev–Trinajstić information content (AvgIpc) is 2.51. The Balaban J connectivity index is 2.64. The number of hydrogen-bond acceptors (Lipinski definition) is 3. The molecule has 0 unspecified atom stereocenters. The van der Waals surface area contributed by atoms with Gasteiger partial charge in [-0.15, -0.1) is 0 Å². The van der Waals surface area contributed by atoms with E-state index in [0.29, 0.717) is 32.7 Å². The monoisotopic (exact) mass is 338 g/mol. The first kappa shape index (κ1) is 16.7. The lowest BCUT2D eigenvalue weighted by atomic mass is 9.99. The maximum atomic E-state index is 12.9. The molecular formula is C17H16Cl2O3. The van der Waals surface area contributed by atoms with E-state index < -0.39 is 0 Å². The van der Waals surface area contributed by atoms with E-state index in [1.165, 1.54) is 14.2 Å². The largest absolute Gasteiger partial charge is 0.494 e. The highest BCUT2D eigenvalue weighted by molar-refractivity contribution is 6.35. The van der Waals surface area contributed by atoms with Gasteiger partial charge in [0.15, 0.2) is 0 Å². The quantitative estimate of drug-likeness (QED) is 0.747. The van der Waals surface area contributed by atoms with Gasteiger partial charge in [0, 0.05) is 0 Å². The van der Waals surface area contributed by atoms with E-state index >= 15 is 0 Å². The lowest BCUT2D eigenvalue weighted by Crippen LogP contribution is -2.07. The van der Waals surface area contributed by atoms with Gasteiger partial charge in [0.2, 0.25) is 5.78 Å². The van der Waals surface area contributed by atoms with Gasteiger partial charge in [0.1, 0.15) is 11.5 Å². The highest BCUT2D eigenvalue weighted by Gasteiger charge is 2.23. The molecule has 0 amide bonds. The molecule has 0 spiro atoms. The minimum atomic E-state index is -0.252. The van der Waals surface area contributed by atoms with Gasteiger partial charge in [-0.2, -0.15) is 0 Å². The molecule has 22 heavy (non-hydrogen) atoms. The molecule has 5 heteroatoms. The van der Waals surface area contributed by atoms with Crippen molar-refractivity contribution in [2.45, 2.75) is 13.8 Å². The van der Waals surface area contributed by atoms with E-state index in [2.05, 4.69) is 0 Å². The summed E-state index contributed by atoms with van der Waals surface area (Å²) >= 11 is 12.5. The van der Waals surface area contributed by atoms with Crippen LogP contribution in [0.25, 0.3) is 0 Å². The van der Waals surface area contributed by atoms with Crippen LogP contribution in [0, 0.1) is 13.8 Å². The predicted molar refractivity (Wildman–Crippen MR) is 88.9 cm³/mol. The number of carbonyl (C=O) groups excluding carboxylic acids is 1. The molecule has 2 aromatic carbocycles. The van der Waals surface area contributed by atoms with Crippen molar-refractivity contribution < 1.29 is 14.3 Å². The summed E-state index contributed by atoms with van der Waals surface area (Å²) in [6, 6.07) is 6.94. The van der Waals surface area contributed by atoms with Crippen molar-refractivity contribution in [2.24, 2.45) is 0 Å². The van der Waals surface area contributed by atoms with E-state index in [9.17, 15) is 4.79 Å². The molecule has 0 aromatic heterocycles. The van der Waals surface area contributed by atoms with Gasteiger partial charge in [0.25, 0.3) is 0 Å². The number of aryl methyl sites for hydroxylation is 2. The summed E-state index contributed by atoms with van der Waals surface area (Å²) in [7, 11) is 2.97. The first-order valence-electron chi connectivity index (χ1n) is 6.63. The maximum Gasteiger partial charge on any atom is 0.200 e. The summed E-state index contributed by atoms with van der Waals surface area (Å²) in [5, 5.41) is 0.844. The van der Waals surface area contributed by atoms with Crippen LogP contribution in [0.4, 0.5) is 0 Å². The fourth-order valence-corrected chi connectivity index (χ4v) is 2.69. The fraction of sp³-hybridized carbons (Fsp3) is 0.235. The van der Waals surface area contributed by atoms with Crippen molar-refractivity contribution in [3.8, 4) is 11.5 Å². The average molecular weight is 339 g/mol. The molecule has 2 aromatic rings. The maximum absolute atomic E-state index is 12.9. The number of carbonyl (C=O) groups is 1. The van der Waals surface area contributed by atoms with Gasteiger partial charge in [-0.05, 0) is 37.1 Å². The molecule has 0 radical (unpaired) electrons. The molecule has 0 heterocycles. The van der Waals surface area contributed by atoms with Gasteiger partial charge >= 0.3 is 0 Å². The number of benzene rings is 2. The van der Waals surface area contributed by atoms with Crippen LogP contribution >= 0.6 is 23.2 Å². The summed E-state index contributed by atoms with van der Waals surface area (Å²) in [5.41, 5.74) is 2.42. The SMILES string of the molecule is COc1c(C(=O)c2ccc(C)c(Cl)c2OC)ccc(C)c1Cl. The second-order valence-corrected chi connectivity index (χ2v) is 5.64. The Morgan fingerprint density at radius 1 is 0.818 bits per heavy atom. The molecule has 116 valence electrons. The summed E-state index contributed by atoms with van der Waals surface area (Å²) in [6.45, 7) is 3.70. The van der Waals surface area contributed by atoms with Crippen molar-refractivity contribution in [1.82, 2.24) is 0 Å². The Morgan fingerprint density at radius 3 is 1.50 bits per heavy atom. The standard InChI is InChI=1S/C17H16Cl2O3/c1-9-5-7-11(16(21-3)13(9)18)15(20)12-8-6-10(2)14(19)17(12)22-4/h5-8H,1-4H3. The molecule has 3 nitrogen and oxygen atoms in total. The Labute approximate surface area is 139 Å². The second-order valence-electron chi connectivity index (χ2n) is 4.88. The van der Waals surface area contributed by atoms with Crippen LogP contribution in [0.2, 0.25) is 10.0 Å². The Morgan fingerprint density at radius 2 is 1.18 bits per heavy atom. The highest BCUT2D eigenvalue weighted by Crippen LogP contribution is 2.37. The molecule has 0 aliphatic carbocycles. The molecular weight excluding hydrogens is 323 g/mol. The molecule has 0 atom stereocenters. The van der Waals surface area contributed by atoms with Crippen LogP contribution < -0.4 is 9.47 Å². The van der Waals surface area contributed by atoms with Gasteiger partial charge in [0.05, 0.1) is 35.4 Å². The van der Waals surface area contributed by atoms with Crippen molar-refractivity contribution in [2.75, 3.05) is 14.2 Å². The zero-order valence-electron chi connectivity index (χ0n) is 12.8. The number of halogens is 2. The number of hydrogen-bond donors (Lipinski definition) is 0. The van der Waals surface area contributed by atoms with Gasteiger partial charge in [-0.1, -0.05) is 35.3 Å². The second kappa shape index (κ2) is 6.59. The minimum absolute atomic E-state index is 0.252. The molecule has 2 rings (SSSR count). The Hall–Kier alpha value is -1.71. The fourth-order valence-electron chi connectivity index (χ4n) is 2.21. The third kappa shape index (κ3) is 2.79. The van der Waals surface area contributed by atoms with Crippen LogP contribution in [0.3, 0.4) is 0 Å². The van der Waals surface area contributed by atoms with Crippen molar-refractivity contribution >= 4 is 29.0 Å². The summed E-state index contributed by atoms with van der Waals surface area (Å²) in [5.74, 6) is 0.452. The number of rotatable bonds is 4. The van der Waals surface area contributed by atoms with E-state index in [1.54, 1.807) is 24.3 Å². The van der Waals surface area contributed by atoms with E-state index in [4.69, 9.17) is 32.7 Å².